The molecule has 2 amide bonds. The second-order valence-electron chi connectivity index (χ2n) is 7.04. The number of benzene rings is 3. The molecule has 3 rings (SSSR count). The fraction of sp³-hybridized carbons (Fsp3) is 0.160. The van der Waals surface area contributed by atoms with Crippen molar-refractivity contribution in [2.75, 3.05) is 38.1 Å². The van der Waals surface area contributed by atoms with E-state index in [0.717, 1.165) is 6.07 Å². The molecule has 0 atom stereocenters. The third-order valence-electron chi connectivity index (χ3n) is 4.58. The van der Waals surface area contributed by atoms with E-state index in [0.29, 0.717) is 11.4 Å². The van der Waals surface area contributed by atoms with Gasteiger partial charge in [-0.2, -0.15) is 0 Å². The summed E-state index contributed by atoms with van der Waals surface area (Å²) in [6.45, 7) is -0.891. The number of hydrogen-bond donors (Lipinski definition) is 2. The Bertz CT molecular complexity index is 1220. The largest absolute Gasteiger partial charge is 0.495 e. The maximum absolute atomic E-state index is 13.2. The number of methoxy groups -OCH3 is 2. The van der Waals surface area contributed by atoms with Crippen LogP contribution in [0.2, 0.25) is 0 Å². The summed E-state index contributed by atoms with van der Waals surface area (Å²) in [6, 6.07) is 16.5. The number of hydrogen-bond acceptors (Lipinski definition) is 7. The zero-order valence-corrected chi connectivity index (χ0v) is 19.0. The summed E-state index contributed by atoms with van der Waals surface area (Å²) >= 11 is 0. The number of amides is 2. The monoisotopic (exact) mass is 482 g/mol. The van der Waals surface area contributed by atoms with E-state index < -0.39 is 30.2 Å². The van der Waals surface area contributed by atoms with Crippen LogP contribution in [-0.2, 0) is 14.3 Å². The van der Waals surface area contributed by atoms with Gasteiger partial charge in [0.2, 0.25) is 0 Å². The van der Waals surface area contributed by atoms with Gasteiger partial charge in [-0.05, 0) is 48.5 Å². The van der Waals surface area contributed by atoms with Crippen LogP contribution in [-0.4, -0.2) is 45.2 Å². The highest BCUT2D eigenvalue weighted by molar-refractivity contribution is 5.96. The number of carbonyl (C=O) groups is 3. The molecule has 0 bridgehead atoms. The van der Waals surface area contributed by atoms with Gasteiger partial charge in [-0.15, -0.1) is 0 Å². The predicted molar refractivity (Wildman–Crippen MR) is 125 cm³/mol. The van der Waals surface area contributed by atoms with E-state index in [9.17, 15) is 18.8 Å². The maximum Gasteiger partial charge on any atom is 0.338 e. The van der Waals surface area contributed by atoms with E-state index in [2.05, 4.69) is 10.6 Å². The van der Waals surface area contributed by atoms with Crippen molar-refractivity contribution in [1.29, 1.82) is 0 Å². The third kappa shape index (κ3) is 7.19. The summed E-state index contributed by atoms with van der Waals surface area (Å²) in [7, 11) is 2.87. The first-order chi connectivity index (χ1) is 16.9. The van der Waals surface area contributed by atoms with Gasteiger partial charge >= 0.3 is 5.97 Å². The second-order valence-corrected chi connectivity index (χ2v) is 7.04. The highest BCUT2D eigenvalue weighted by atomic mass is 19.1. The maximum atomic E-state index is 13.2. The molecule has 3 aromatic carbocycles. The summed E-state index contributed by atoms with van der Waals surface area (Å²) in [5, 5.41) is 5.11. The van der Waals surface area contributed by atoms with Gasteiger partial charge < -0.3 is 29.6 Å². The van der Waals surface area contributed by atoms with Crippen molar-refractivity contribution < 1.29 is 37.7 Å². The zero-order valence-electron chi connectivity index (χ0n) is 19.0. The smallest absolute Gasteiger partial charge is 0.338 e. The molecule has 0 saturated heterocycles. The van der Waals surface area contributed by atoms with Gasteiger partial charge in [0.1, 0.15) is 11.6 Å². The molecule has 10 heteroatoms. The van der Waals surface area contributed by atoms with Crippen LogP contribution >= 0.6 is 0 Å². The standard InChI is InChI=1S/C25H23FN2O7/c1-32-20-9-4-3-8-19(20)28-24(30)14-34-21-11-10-16(12-22(21)33-2)25(31)35-15-23(29)27-18-7-5-6-17(26)13-18/h3-13H,14-15H2,1-2H3,(H,27,29)(H,28,30). The lowest BCUT2D eigenvalue weighted by Crippen LogP contribution is -2.21. The van der Waals surface area contributed by atoms with Gasteiger partial charge in [-0.1, -0.05) is 18.2 Å². The van der Waals surface area contributed by atoms with Gasteiger partial charge in [0.25, 0.3) is 11.8 Å². The number of esters is 1. The van der Waals surface area contributed by atoms with Crippen LogP contribution in [0.3, 0.4) is 0 Å². The Hall–Kier alpha value is -4.60. The molecular weight excluding hydrogens is 459 g/mol. The number of nitrogens with one attached hydrogen (secondary N) is 2. The molecule has 0 spiro atoms. The normalized spacial score (nSPS) is 10.1. The molecular formula is C25H23FN2O7. The minimum atomic E-state index is -0.779. The van der Waals surface area contributed by atoms with Crippen molar-refractivity contribution in [3.63, 3.8) is 0 Å². The topological polar surface area (TPSA) is 112 Å². The van der Waals surface area contributed by atoms with Gasteiger partial charge in [-0.3, -0.25) is 9.59 Å². The number of ether oxygens (including phenoxy) is 4. The van der Waals surface area contributed by atoms with Crippen LogP contribution < -0.4 is 24.8 Å². The number of halogens is 1. The van der Waals surface area contributed by atoms with E-state index in [1.165, 1.54) is 50.6 Å². The Morgan fingerprint density at radius 1 is 0.771 bits per heavy atom. The summed E-state index contributed by atoms with van der Waals surface area (Å²) in [6.07, 6.45) is 0. The Labute approximate surface area is 200 Å². The average molecular weight is 482 g/mol. The molecule has 0 fully saturated rings. The van der Waals surface area contributed by atoms with Crippen molar-refractivity contribution in [3.8, 4) is 17.2 Å². The van der Waals surface area contributed by atoms with Crippen LogP contribution in [0.4, 0.5) is 15.8 Å². The first kappa shape index (κ1) is 25.0. The third-order valence-corrected chi connectivity index (χ3v) is 4.58. The Morgan fingerprint density at radius 3 is 2.26 bits per heavy atom. The van der Waals surface area contributed by atoms with E-state index in [4.69, 9.17) is 18.9 Å². The van der Waals surface area contributed by atoms with Gasteiger partial charge in [0.15, 0.2) is 24.7 Å². The van der Waals surface area contributed by atoms with Crippen LogP contribution in [0.5, 0.6) is 17.2 Å². The molecule has 0 aromatic heterocycles. The van der Waals surface area contributed by atoms with Crippen molar-refractivity contribution in [2.45, 2.75) is 0 Å². The molecule has 0 saturated carbocycles. The van der Waals surface area contributed by atoms with Crippen molar-refractivity contribution in [2.24, 2.45) is 0 Å². The molecule has 0 radical (unpaired) electrons. The minimum absolute atomic E-state index is 0.103. The van der Waals surface area contributed by atoms with Crippen LogP contribution in [0.15, 0.2) is 66.7 Å². The van der Waals surface area contributed by atoms with Crippen molar-refractivity contribution in [3.05, 3.63) is 78.1 Å². The molecule has 0 unspecified atom stereocenters. The Balaban J connectivity index is 1.54. The van der Waals surface area contributed by atoms with Gasteiger partial charge in [-0.25, -0.2) is 9.18 Å². The first-order valence-electron chi connectivity index (χ1n) is 10.4. The van der Waals surface area contributed by atoms with E-state index >= 15 is 0 Å². The van der Waals surface area contributed by atoms with Crippen molar-refractivity contribution >= 4 is 29.2 Å². The molecule has 0 aliphatic rings. The Kier molecular flexibility index (Phi) is 8.60. The predicted octanol–water partition coefficient (Wildman–Crippen LogP) is 3.66. The van der Waals surface area contributed by atoms with E-state index in [1.54, 1.807) is 24.3 Å². The summed E-state index contributed by atoms with van der Waals surface area (Å²) in [4.78, 5) is 36.5. The molecule has 3 aromatic rings. The molecule has 182 valence electrons. The highest BCUT2D eigenvalue weighted by Gasteiger charge is 2.15. The van der Waals surface area contributed by atoms with E-state index in [-0.39, 0.29) is 29.4 Å². The lowest BCUT2D eigenvalue weighted by Gasteiger charge is -2.13. The van der Waals surface area contributed by atoms with E-state index in [1.807, 2.05) is 0 Å². The molecule has 0 aliphatic carbocycles. The van der Waals surface area contributed by atoms with Gasteiger partial charge in [0, 0.05) is 5.69 Å². The fourth-order valence-corrected chi connectivity index (χ4v) is 2.97. The molecule has 2 N–H and O–H groups in total. The molecule has 35 heavy (non-hydrogen) atoms. The van der Waals surface area contributed by atoms with Crippen LogP contribution in [0, 0.1) is 5.82 Å². The molecule has 0 aliphatic heterocycles. The zero-order chi connectivity index (χ0) is 25.2. The number of anilines is 2. The van der Waals surface area contributed by atoms with Crippen LogP contribution in [0.1, 0.15) is 10.4 Å². The van der Waals surface area contributed by atoms with Crippen molar-refractivity contribution in [1.82, 2.24) is 0 Å². The summed E-state index contributed by atoms with van der Waals surface area (Å²) in [5.74, 6) is -1.42. The SMILES string of the molecule is COc1ccccc1NC(=O)COc1ccc(C(=O)OCC(=O)Nc2cccc(F)c2)cc1OC. The summed E-state index contributed by atoms with van der Waals surface area (Å²) in [5.41, 5.74) is 0.838. The number of carbonyl (C=O) groups excluding carboxylic acids is 3. The quantitative estimate of drug-likeness (QED) is 0.424. The molecule has 9 nitrogen and oxygen atoms in total. The number of para-hydroxylation sites is 2. The highest BCUT2D eigenvalue weighted by Crippen LogP contribution is 2.29. The van der Waals surface area contributed by atoms with Crippen LogP contribution in [0.25, 0.3) is 0 Å². The molecule has 0 heterocycles. The lowest BCUT2D eigenvalue weighted by molar-refractivity contribution is -0.119. The van der Waals surface area contributed by atoms with Gasteiger partial charge in [0.05, 0.1) is 25.5 Å². The second kappa shape index (κ2) is 12.0. The fourth-order valence-electron chi connectivity index (χ4n) is 2.97. The Morgan fingerprint density at radius 2 is 1.51 bits per heavy atom. The summed E-state index contributed by atoms with van der Waals surface area (Å²) < 4.78 is 34.2. The first-order valence-corrected chi connectivity index (χ1v) is 10.4. The lowest BCUT2D eigenvalue weighted by atomic mass is 10.2. The average Bonchev–Trinajstić information content (AvgIpc) is 2.86. The number of rotatable bonds is 10. The minimum Gasteiger partial charge on any atom is -0.495 e.